The van der Waals surface area contributed by atoms with Gasteiger partial charge in [0.05, 0.1) is 6.04 Å². The molecule has 1 unspecified atom stereocenters. The molecule has 1 aromatic heterocycles. The van der Waals surface area contributed by atoms with Gasteiger partial charge < -0.3 is 14.6 Å². The molecule has 1 saturated heterocycles. The number of terminal acetylenes is 1. The number of likely N-dealkylation sites (tertiary alicyclic amines) is 1. The highest BCUT2D eigenvalue weighted by Crippen LogP contribution is 2.36. The first-order valence-corrected chi connectivity index (χ1v) is 11.0. The average molecular weight is 428 g/mol. The number of amides is 2. The predicted octanol–water partition coefficient (Wildman–Crippen LogP) is 4.18. The van der Waals surface area contributed by atoms with Crippen molar-refractivity contribution in [3.8, 4) is 12.3 Å². The molecular weight excluding hydrogens is 394 g/mol. The summed E-state index contributed by atoms with van der Waals surface area (Å²) in [6.07, 6.45) is 9.82. The van der Waals surface area contributed by atoms with Crippen LogP contribution < -0.4 is 5.32 Å². The third-order valence-corrected chi connectivity index (χ3v) is 5.73. The van der Waals surface area contributed by atoms with Crippen LogP contribution in [0.15, 0.2) is 22.4 Å². The Morgan fingerprint density at radius 3 is 2.68 bits per heavy atom. The number of carbonyl (C=O) groups is 2. The fourth-order valence-electron chi connectivity index (χ4n) is 4.00. The van der Waals surface area contributed by atoms with E-state index in [4.69, 9.17) is 11.2 Å². The van der Waals surface area contributed by atoms with Crippen molar-refractivity contribution in [1.82, 2.24) is 14.8 Å². The molecule has 2 aliphatic heterocycles. The van der Waals surface area contributed by atoms with Crippen molar-refractivity contribution in [2.24, 2.45) is 17.3 Å². The fourth-order valence-corrected chi connectivity index (χ4v) is 4.00. The minimum Gasteiger partial charge on any atom is -0.444 e. The van der Waals surface area contributed by atoms with Gasteiger partial charge in [0, 0.05) is 45.1 Å². The predicted molar refractivity (Wildman–Crippen MR) is 118 cm³/mol. The number of hydrogen-bond donors (Lipinski definition) is 1. The van der Waals surface area contributed by atoms with E-state index in [9.17, 15) is 9.59 Å². The zero-order chi connectivity index (χ0) is 22.6. The van der Waals surface area contributed by atoms with Crippen LogP contribution in [-0.2, 0) is 11.8 Å². The highest BCUT2D eigenvalue weighted by atomic mass is 16.6. The Morgan fingerprint density at radius 2 is 2.03 bits per heavy atom. The van der Waals surface area contributed by atoms with Crippen LogP contribution in [0.4, 0.5) is 4.79 Å². The first-order chi connectivity index (χ1) is 14.7. The van der Waals surface area contributed by atoms with Crippen molar-refractivity contribution in [1.29, 1.82) is 0 Å². The topological polar surface area (TPSA) is 88.3 Å². The third-order valence-electron chi connectivity index (χ3n) is 5.73. The summed E-state index contributed by atoms with van der Waals surface area (Å²) < 4.78 is 7.49. The SMILES string of the molecule is C#CCCC1(CCNC(=O)c2ccc(C3CCCCN3C(=O)OC(C)(C)C)n2C)N=N1. The van der Waals surface area contributed by atoms with Gasteiger partial charge in [-0.25, -0.2) is 4.79 Å². The molecule has 0 aliphatic carbocycles. The van der Waals surface area contributed by atoms with E-state index in [1.54, 1.807) is 4.90 Å². The Hall–Kier alpha value is -2.82. The highest BCUT2D eigenvalue weighted by molar-refractivity contribution is 5.92. The molecule has 8 heteroatoms. The molecule has 1 atom stereocenters. The van der Waals surface area contributed by atoms with E-state index in [0.29, 0.717) is 31.6 Å². The lowest BCUT2D eigenvalue weighted by molar-refractivity contribution is 0.00870. The van der Waals surface area contributed by atoms with Crippen LogP contribution in [0.3, 0.4) is 0 Å². The number of hydrogen-bond acceptors (Lipinski definition) is 5. The molecule has 0 radical (unpaired) electrons. The van der Waals surface area contributed by atoms with Gasteiger partial charge in [0.15, 0.2) is 5.66 Å². The molecule has 0 aromatic carbocycles. The minimum atomic E-state index is -0.546. The second-order valence-corrected chi connectivity index (χ2v) is 9.28. The molecule has 2 aliphatic rings. The normalized spacial score (nSPS) is 19.6. The maximum Gasteiger partial charge on any atom is 0.410 e. The van der Waals surface area contributed by atoms with Gasteiger partial charge in [-0.2, -0.15) is 10.2 Å². The lowest BCUT2D eigenvalue weighted by atomic mass is 10.00. The van der Waals surface area contributed by atoms with Crippen molar-refractivity contribution in [2.45, 2.75) is 76.6 Å². The van der Waals surface area contributed by atoms with Crippen molar-refractivity contribution >= 4 is 12.0 Å². The van der Waals surface area contributed by atoms with E-state index in [0.717, 1.165) is 31.4 Å². The minimum absolute atomic E-state index is 0.105. The van der Waals surface area contributed by atoms with Crippen LogP contribution >= 0.6 is 0 Å². The van der Waals surface area contributed by atoms with Gasteiger partial charge in [0.1, 0.15) is 11.3 Å². The van der Waals surface area contributed by atoms with E-state index < -0.39 is 11.3 Å². The number of ether oxygens (including phenoxy) is 1. The zero-order valence-electron chi connectivity index (χ0n) is 19.0. The Morgan fingerprint density at radius 1 is 1.29 bits per heavy atom. The molecule has 0 bridgehead atoms. The molecule has 1 aromatic rings. The Labute approximate surface area is 184 Å². The molecule has 3 rings (SSSR count). The molecule has 3 heterocycles. The van der Waals surface area contributed by atoms with Crippen LogP contribution in [0.1, 0.15) is 81.5 Å². The summed E-state index contributed by atoms with van der Waals surface area (Å²) in [4.78, 5) is 27.3. The van der Waals surface area contributed by atoms with Gasteiger partial charge in [0.25, 0.3) is 5.91 Å². The Balaban J connectivity index is 1.63. The number of aromatic nitrogens is 1. The molecular formula is C23H33N5O3. The summed E-state index contributed by atoms with van der Waals surface area (Å²) in [7, 11) is 1.87. The van der Waals surface area contributed by atoms with Gasteiger partial charge in [-0.3, -0.25) is 9.69 Å². The number of nitrogens with zero attached hydrogens (tertiary/aromatic N) is 4. The van der Waals surface area contributed by atoms with Crippen LogP contribution in [-0.4, -0.2) is 45.8 Å². The summed E-state index contributed by atoms with van der Waals surface area (Å²) in [6.45, 7) is 6.73. The summed E-state index contributed by atoms with van der Waals surface area (Å²) >= 11 is 0. The first-order valence-electron chi connectivity index (χ1n) is 11.0. The summed E-state index contributed by atoms with van der Waals surface area (Å²) in [5, 5.41) is 11.2. The maximum atomic E-state index is 12.8. The molecule has 0 saturated carbocycles. The summed E-state index contributed by atoms with van der Waals surface area (Å²) in [6, 6.07) is 3.64. The van der Waals surface area contributed by atoms with Gasteiger partial charge in [-0.1, -0.05) is 0 Å². The van der Waals surface area contributed by atoms with Crippen LogP contribution in [0, 0.1) is 12.3 Å². The van der Waals surface area contributed by atoms with Crippen molar-refractivity contribution < 1.29 is 14.3 Å². The summed E-state index contributed by atoms with van der Waals surface area (Å²) in [5.74, 6) is 2.45. The summed E-state index contributed by atoms with van der Waals surface area (Å²) in [5.41, 5.74) is 0.547. The highest BCUT2D eigenvalue weighted by Gasteiger charge is 2.39. The van der Waals surface area contributed by atoms with Gasteiger partial charge in [-0.15, -0.1) is 12.3 Å². The average Bonchev–Trinajstić information content (AvgIpc) is 3.37. The molecule has 2 amide bonds. The largest absolute Gasteiger partial charge is 0.444 e. The number of carbonyl (C=O) groups excluding carboxylic acids is 2. The third kappa shape index (κ3) is 5.66. The van der Waals surface area contributed by atoms with Crippen LogP contribution in [0.25, 0.3) is 0 Å². The van der Waals surface area contributed by atoms with E-state index in [1.165, 1.54) is 0 Å². The fraction of sp³-hybridized carbons (Fsp3) is 0.652. The molecule has 31 heavy (non-hydrogen) atoms. The Kier molecular flexibility index (Phi) is 6.73. The maximum absolute atomic E-state index is 12.8. The second-order valence-electron chi connectivity index (χ2n) is 9.28. The Bertz CT molecular complexity index is 884. The number of rotatable bonds is 7. The number of piperidine rings is 1. The second kappa shape index (κ2) is 9.13. The lowest BCUT2D eigenvalue weighted by Crippen LogP contribution is -2.42. The number of nitrogens with one attached hydrogen (secondary N) is 1. The van der Waals surface area contributed by atoms with Crippen LogP contribution in [0.2, 0.25) is 0 Å². The van der Waals surface area contributed by atoms with Gasteiger partial charge in [0.2, 0.25) is 0 Å². The van der Waals surface area contributed by atoms with Crippen molar-refractivity contribution in [2.75, 3.05) is 13.1 Å². The zero-order valence-corrected chi connectivity index (χ0v) is 19.0. The van der Waals surface area contributed by atoms with Gasteiger partial charge in [-0.05, 0) is 52.2 Å². The lowest BCUT2D eigenvalue weighted by Gasteiger charge is -2.37. The smallest absolute Gasteiger partial charge is 0.410 e. The van der Waals surface area contributed by atoms with E-state index in [1.807, 2.05) is 44.5 Å². The molecule has 1 N–H and O–H groups in total. The first kappa shape index (κ1) is 22.9. The monoisotopic (exact) mass is 427 g/mol. The standard InChI is InChI=1S/C23H33N5O3/c1-6-7-13-23(25-26-23)14-15-24-20(29)19-12-11-17(27(19)5)18-10-8-9-16-28(18)21(30)31-22(2,3)4/h1,11-12,18H,7-10,13-16H2,2-5H3,(H,24,29). The van der Waals surface area contributed by atoms with Gasteiger partial charge >= 0.3 is 6.09 Å². The van der Waals surface area contributed by atoms with Crippen molar-refractivity contribution in [3.05, 3.63) is 23.5 Å². The quantitative estimate of drug-likeness (QED) is 0.662. The molecule has 8 nitrogen and oxygen atoms in total. The molecule has 0 spiro atoms. The van der Waals surface area contributed by atoms with Crippen LogP contribution in [0.5, 0.6) is 0 Å². The molecule has 168 valence electrons. The molecule has 1 fully saturated rings. The van der Waals surface area contributed by atoms with E-state index in [-0.39, 0.29) is 18.0 Å². The van der Waals surface area contributed by atoms with Crippen molar-refractivity contribution in [3.63, 3.8) is 0 Å². The van der Waals surface area contributed by atoms with E-state index >= 15 is 0 Å². The van der Waals surface area contributed by atoms with E-state index in [2.05, 4.69) is 21.5 Å².